The number of hydrogen-bond acceptors (Lipinski definition) is 0. The van der Waals surface area contributed by atoms with Gasteiger partial charge in [0, 0.05) is 10.8 Å². The van der Waals surface area contributed by atoms with E-state index in [1.807, 2.05) is 0 Å². The Morgan fingerprint density at radius 2 is 0.661 bits per heavy atom. The summed E-state index contributed by atoms with van der Waals surface area (Å²) in [5, 5.41) is 5.15. The van der Waals surface area contributed by atoms with Crippen LogP contribution in [-0.4, -0.2) is 0 Å². The molecule has 0 saturated carbocycles. The maximum absolute atomic E-state index is 2.46. The first-order valence-electron chi connectivity index (χ1n) is 19.9. The Morgan fingerprint density at radius 3 is 1.25 bits per heavy atom. The average molecular weight is 715 g/mol. The molecule has 0 heteroatoms. The molecular weight excluding hydrogens is 673 g/mol. The van der Waals surface area contributed by atoms with E-state index < -0.39 is 0 Å². The highest BCUT2D eigenvalue weighted by atomic mass is 14.4. The van der Waals surface area contributed by atoms with Gasteiger partial charge in [0.25, 0.3) is 0 Å². The summed E-state index contributed by atoms with van der Waals surface area (Å²) in [6, 6.07) is 68.2. The molecule has 0 amide bonds. The van der Waals surface area contributed by atoms with Crippen molar-refractivity contribution < 1.29 is 0 Å². The molecule has 2 aliphatic rings. The molecular formula is C56H42. The molecule has 0 spiro atoms. The van der Waals surface area contributed by atoms with Gasteiger partial charge in [-0.25, -0.2) is 0 Å². The van der Waals surface area contributed by atoms with Gasteiger partial charge in [0.15, 0.2) is 0 Å². The van der Waals surface area contributed by atoms with Crippen LogP contribution in [0.1, 0.15) is 49.9 Å². The lowest BCUT2D eigenvalue weighted by atomic mass is 9.80. The Bertz CT molecular complexity index is 3080. The molecule has 0 radical (unpaired) electrons. The molecule has 0 bridgehead atoms. The van der Waals surface area contributed by atoms with E-state index in [0.29, 0.717) is 0 Å². The summed E-state index contributed by atoms with van der Waals surface area (Å²) in [5.41, 5.74) is 20.9. The highest BCUT2D eigenvalue weighted by molar-refractivity contribution is 6.13. The third-order valence-electron chi connectivity index (χ3n) is 13.1. The van der Waals surface area contributed by atoms with E-state index in [4.69, 9.17) is 0 Å². The fraction of sp³-hybridized carbons (Fsp3) is 0.107. The Labute approximate surface area is 329 Å². The topological polar surface area (TPSA) is 0 Å². The zero-order valence-electron chi connectivity index (χ0n) is 32.3. The molecule has 0 nitrogen and oxygen atoms in total. The van der Waals surface area contributed by atoms with Gasteiger partial charge in [-0.3, -0.25) is 0 Å². The molecule has 0 aromatic heterocycles. The first kappa shape index (κ1) is 32.9. The van der Waals surface area contributed by atoms with Crippen LogP contribution in [0.25, 0.3) is 88.3 Å². The van der Waals surface area contributed by atoms with E-state index in [0.717, 1.165) is 0 Å². The molecule has 0 aliphatic heterocycles. The van der Waals surface area contributed by atoms with Crippen LogP contribution in [0.2, 0.25) is 0 Å². The van der Waals surface area contributed by atoms with Crippen LogP contribution in [-0.2, 0) is 10.8 Å². The van der Waals surface area contributed by atoms with Crippen molar-refractivity contribution in [3.05, 3.63) is 204 Å². The predicted molar refractivity (Wildman–Crippen MR) is 238 cm³/mol. The number of rotatable bonds is 4. The van der Waals surface area contributed by atoms with Crippen molar-refractivity contribution in [3.63, 3.8) is 0 Å². The minimum atomic E-state index is -0.127. The molecule has 266 valence electrons. The van der Waals surface area contributed by atoms with Gasteiger partial charge >= 0.3 is 0 Å². The summed E-state index contributed by atoms with van der Waals surface area (Å²) in [6.07, 6.45) is 0. The standard InChI is InChI=1S/C56H42/c1-55(2)51-22-10-9-21-46(51)47-26-24-39(33-52(47)55)40-25-28-49-48-27-23-38(32-53(48)56(3,4)54(49)34-40)36-15-11-14-35(29-36)37-16-12-17-41(30-37)50-31-42-13-5-6-18-43(42)44-19-7-8-20-45(44)50/h5-34H,1-4H3. The van der Waals surface area contributed by atoms with Gasteiger partial charge in [-0.05, 0) is 147 Å². The maximum Gasteiger partial charge on any atom is 0.0159 e. The minimum Gasteiger partial charge on any atom is -0.0619 e. The summed E-state index contributed by atoms with van der Waals surface area (Å²) in [5.74, 6) is 0. The third-order valence-corrected chi connectivity index (χ3v) is 13.1. The van der Waals surface area contributed by atoms with E-state index in [-0.39, 0.29) is 10.8 Å². The van der Waals surface area contributed by atoms with E-state index in [9.17, 15) is 0 Å². The van der Waals surface area contributed by atoms with Crippen molar-refractivity contribution in [3.8, 4) is 66.8 Å². The lowest BCUT2D eigenvalue weighted by molar-refractivity contribution is 0.659. The number of hydrogen-bond donors (Lipinski definition) is 0. The van der Waals surface area contributed by atoms with Gasteiger partial charge in [0.05, 0.1) is 0 Å². The summed E-state index contributed by atoms with van der Waals surface area (Å²) in [7, 11) is 0. The molecule has 56 heavy (non-hydrogen) atoms. The molecule has 0 fully saturated rings. The van der Waals surface area contributed by atoms with Crippen LogP contribution in [0, 0.1) is 0 Å². The Morgan fingerprint density at radius 1 is 0.250 bits per heavy atom. The Kier molecular flexibility index (Phi) is 7.05. The normalized spacial score (nSPS) is 14.4. The molecule has 0 atom stereocenters. The lowest BCUT2D eigenvalue weighted by Gasteiger charge is -2.23. The first-order valence-corrected chi connectivity index (χ1v) is 19.9. The second kappa shape index (κ2) is 12.0. The first-order chi connectivity index (χ1) is 27.3. The van der Waals surface area contributed by atoms with Crippen LogP contribution >= 0.6 is 0 Å². The monoisotopic (exact) mass is 714 g/mol. The average Bonchev–Trinajstić information content (AvgIpc) is 3.62. The highest BCUT2D eigenvalue weighted by Gasteiger charge is 2.37. The van der Waals surface area contributed by atoms with Crippen LogP contribution in [0.4, 0.5) is 0 Å². The van der Waals surface area contributed by atoms with Crippen molar-refractivity contribution in [1.29, 1.82) is 0 Å². The summed E-state index contributed by atoms with van der Waals surface area (Å²) < 4.78 is 0. The summed E-state index contributed by atoms with van der Waals surface area (Å²) in [4.78, 5) is 0. The zero-order chi connectivity index (χ0) is 37.8. The second-order valence-electron chi connectivity index (χ2n) is 16.9. The third kappa shape index (κ3) is 4.85. The quantitative estimate of drug-likeness (QED) is 0.159. The molecule has 0 saturated heterocycles. The van der Waals surface area contributed by atoms with Crippen molar-refractivity contribution in [2.45, 2.75) is 38.5 Å². The molecule has 0 unspecified atom stereocenters. The lowest BCUT2D eigenvalue weighted by Crippen LogP contribution is -2.15. The predicted octanol–water partition coefficient (Wildman–Crippen LogP) is 15.3. The number of fused-ring (bicyclic) bond motifs is 9. The second-order valence-corrected chi connectivity index (χ2v) is 16.9. The molecule has 9 aromatic carbocycles. The van der Waals surface area contributed by atoms with Gasteiger partial charge < -0.3 is 0 Å². The van der Waals surface area contributed by atoms with Gasteiger partial charge in [-0.15, -0.1) is 0 Å². The minimum absolute atomic E-state index is 0.0171. The van der Waals surface area contributed by atoms with Gasteiger partial charge in [0.2, 0.25) is 0 Å². The van der Waals surface area contributed by atoms with E-state index in [2.05, 4.69) is 210 Å². The zero-order valence-corrected chi connectivity index (χ0v) is 32.3. The number of benzene rings is 9. The van der Waals surface area contributed by atoms with Crippen molar-refractivity contribution >= 4 is 21.5 Å². The molecule has 11 rings (SSSR count). The van der Waals surface area contributed by atoms with Crippen molar-refractivity contribution in [2.24, 2.45) is 0 Å². The van der Waals surface area contributed by atoms with Crippen LogP contribution in [0.15, 0.2) is 182 Å². The van der Waals surface area contributed by atoms with Crippen molar-refractivity contribution in [1.82, 2.24) is 0 Å². The summed E-state index contributed by atoms with van der Waals surface area (Å²) >= 11 is 0. The molecule has 2 aliphatic carbocycles. The fourth-order valence-electron chi connectivity index (χ4n) is 10.0. The fourth-order valence-corrected chi connectivity index (χ4v) is 10.0. The Balaban J connectivity index is 0.932. The SMILES string of the molecule is CC1(C)c2ccccc2-c2ccc(-c3ccc4c(c3)C(C)(C)c3cc(-c5cccc(-c6cccc(-c7cc8ccccc8c8ccccc78)c6)c5)ccc3-4)cc21. The van der Waals surface area contributed by atoms with E-state index >= 15 is 0 Å². The van der Waals surface area contributed by atoms with Gasteiger partial charge in [0.1, 0.15) is 0 Å². The van der Waals surface area contributed by atoms with Crippen LogP contribution in [0.3, 0.4) is 0 Å². The van der Waals surface area contributed by atoms with Gasteiger partial charge in [-0.1, -0.05) is 173 Å². The van der Waals surface area contributed by atoms with E-state index in [1.54, 1.807) is 0 Å². The van der Waals surface area contributed by atoms with Gasteiger partial charge in [-0.2, -0.15) is 0 Å². The van der Waals surface area contributed by atoms with Crippen molar-refractivity contribution in [2.75, 3.05) is 0 Å². The summed E-state index contributed by atoms with van der Waals surface area (Å²) in [6.45, 7) is 9.52. The van der Waals surface area contributed by atoms with E-state index in [1.165, 1.54) is 111 Å². The smallest absolute Gasteiger partial charge is 0.0159 e. The Hall–Kier alpha value is -6.50. The maximum atomic E-state index is 2.46. The molecule has 0 N–H and O–H groups in total. The molecule has 0 heterocycles. The largest absolute Gasteiger partial charge is 0.0619 e. The van der Waals surface area contributed by atoms with Crippen LogP contribution < -0.4 is 0 Å². The molecule has 9 aromatic rings. The highest BCUT2D eigenvalue weighted by Crippen LogP contribution is 2.52. The van der Waals surface area contributed by atoms with Crippen LogP contribution in [0.5, 0.6) is 0 Å².